The lowest BCUT2D eigenvalue weighted by molar-refractivity contribution is -0.130. The van der Waals surface area contributed by atoms with E-state index in [0.717, 1.165) is 18.4 Å². The van der Waals surface area contributed by atoms with Crippen LogP contribution in [0.2, 0.25) is 0 Å². The van der Waals surface area contributed by atoms with Crippen molar-refractivity contribution in [1.29, 1.82) is 0 Å². The van der Waals surface area contributed by atoms with Crippen molar-refractivity contribution in [2.75, 3.05) is 13.6 Å². The van der Waals surface area contributed by atoms with E-state index in [1.165, 1.54) is 0 Å². The van der Waals surface area contributed by atoms with E-state index in [2.05, 4.69) is 5.10 Å². The number of fused-ring (bicyclic) bond motifs is 3. The number of carbonyl (C=O) groups excluding carboxylic acids is 2. The highest BCUT2D eigenvalue weighted by molar-refractivity contribution is 5.95. The van der Waals surface area contributed by atoms with Crippen LogP contribution in [-0.4, -0.2) is 56.9 Å². The number of likely N-dealkylation sites (tertiary alicyclic amines) is 1. The number of pyridine rings is 1. The Balaban J connectivity index is 1.68. The number of likely N-dealkylation sites (N-methyl/N-ethyl adjacent to an activating group) is 1. The Hall–Kier alpha value is -2.37. The predicted octanol–water partition coefficient (Wildman–Crippen LogP) is 1.17. The minimum atomic E-state index is -0.0562. The van der Waals surface area contributed by atoms with E-state index in [4.69, 9.17) is 0 Å². The van der Waals surface area contributed by atoms with Crippen LogP contribution in [0.25, 0.3) is 5.52 Å². The minimum absolute atomic E-state index is 0.0137. The van der Waals surface area contributed by atoms with Gasteiger partial charge in [-0.05, 0) is 31.0 Å². The Morgan fingerprint density at radius 3 is 2.91 bits per heavy atom. The zero-order chi connectivity index (χ0) is 15.3. The second-order valence-electron chi connectivity index (χ2n) is 6.18. The smallest absolute Gasteiger partial charge is 0.274 e. The fourth-order valence-corrected chi connectivity index (χ4v) is 3.62. The van der Waals surface area contributed by atoms with Gasteiger partial charge in [0.15, 0.2) is 5.69 Å². The fourth-order valence-electron chi connectivity index (χ4n) is 3.62. The summed E-state index contributed by atoms with van der Waals surface area (Å²) in [7, 11) is 1.82. The van der Waals surface area contributed by atoms with E-state index in [1.807, 2.05) is 42.4 Å². The Morgan fingerprint density at radius 1 is 1.27 bits per heavy atom. The maximum atomic E-state index is 12.9. The molecule has 0 N–H and O–H groups in total. The molecule has 2 bridgehead atoms. The lowest BCUT2D eigenvalue weighted by atomic mass is 10.1. The quantitative estimate of drug-likeness (QED) is 0.794. The van der Waals surface area contributed by atoms with Crippen molar-refractivity contribution >= 4 is 17.3 Å². The van der Waals surface area contributed by atoms with E-state index in [9.17, 15) is 9.59 Å². The van der Waals surface area contributed by atoms with Crippen molar-refractivity contribution in [3.63, 3.8) is 0 Å². The van der Waals surface area contributed by atoms with Crippen LogP contribution in [0.15, 0.2) is 30.5 Å². The van der Waals surface area contributed by atoms with E-state index in [1.54, 1.807) is 9.42 Å². The van der Waals surface area contributed by atoms with Crippen molar-refractivity contribution in [3.05, 3.63) is 36.2 Å². The first-order valence-electron chi connectivity index (χ1n) is 7.64. The molecule has 0 aliphatic carbocycles. The van der Waals surface area contributed by atoms with Gasteiger partial charge < -0.3 is 9.80 Å². The number of carbonyl (C=O) groups is 2. The van der Waals surface area contributed by atoms with Crippen molar-refractivity contribution in [2.45, 2.75) is 31.3 Å². The van der Waals surface area contributed by atoms with Gasteiger partial charge in [-0.15, -0.1) is 0 Å². The van der Waals surface area contributed by atoms with E-state index >= 15 is 0 Å². The molecule has 22 heavy (non-hydrogen) atoms. The zero-order valence-electron chi connectivity index (χ0n) is 12.5. The van der Waals surface area contributed by atoms with Gasteiger partial charge in [-0.3, -0.25) is 9.59 Å². The number of aromatic nitrogens is 2. The van der Waals surface area contributed by atoms with Gasteiger partial charge in [0.2, 0.25) is 5.91 Å². The van der Waals surface area contributed by atoms with Gasteiger partial charge in [-0.25, -0.2) is 4.52 Å². The van der Waals surface area contributed by atoms with E-state index in [-0.39, 0.29) is 23.9 Å². The Bertz CT molecular complexity index is 720. The molecule has 6 heteroatoms. The first-order valence-corrected chi connectivity index (χ1v) is 7.64. The zero-order valence-corrected chi connectivity index (χ0v) is 12.5. The first-order chi connectivity index (χ1) is 10.6. The first kappa shape index (κ1) is 13.3. The molecular formula is C16H18N4O2. The molecule has 0 spiro atoms. The van der Waals surface area contributed by atoms with Gasteiger partial charge in [-0.2, -0.15) is 5.10 Å². The molecule has 2 saturated heterocycles. The third kappa shape index (κ3) is 1.98. The van der Waals surface area contributed by atoms with Crippen LogP contribution >= 0.6 is 0 Å². The maximum absolute atomic E-state index is 12.9. The summed E-state index contributed by atoms with van der Waals surface area (Å²) in [5.74, 6) is 0.0688. The summed E-state index contributed by atoms with van der Waals surface area (Å²) < 4.78 is 1.71. The largest absolute Gasteiger partial charge is 0.344 e. The number of amides is 2. The molecule has 0 radical (unpaired) electrons. The summed E-state index contributed by atoms with van der Waals surface area (Å²) in [6.07, 6.45) is 4.12. The summed E-state index contributed by atoms with van der Waals surface area (Å²) >= 11 is 0. The lowest BCUT2D eigenvalue weighted by Gasteiger charge is -2.27. The predicted molar refractivity (Wildman–Crippen MR) is 80.4 cm³/mol. The molecule has 0 saturated carbocycles. The molecule has 2 fully saturated rings. The SMILES string of the molecule is CN1C[C@@H]2CC[C@H](CC1=O)N2C(=O)c1cc2ccccn2n1. The number of hydrogen-bond donors (Lipinski definition) is 0. The third-order valence-electron chi connectivity index (χ3n) is 4.76. The molecule has 2 aliphatic heterocycles. The summed E-state index contributed by atoms with van der Waals surface area (Å²) in [6, 6.07) is 7.68. The fraction of sp³-hybridized carbons (Fsp3) is 0.438. The van der Waals surface area contributed by atoms with Gasteiger partial charge in [-0.1, -0.05) is 6.07 Å². The molecule has 4 heterocycles. The molecule has 2 aliphatic rings. The average molecular weight is 298 g/mol. The molecule has 0 unspecified atom stereocenters. The molecular weight excluding hydrogens is 280 g/mol. The third-order valence-corrected chi connectivity index (χ3v) is 4.76. The topological polar surface area (TPSA) is 57.9 Å². The second-order valence-corrected chi connectivity index (χ2v) is 6.18. The highest BCUT2D eigenvalue weighted by Crippen LogP contribution is 2.31. The summed E-state index contributed by atoms with van der Waals surface area (Å²) in [5, 5.41) is 4.38. The van der Waals surface area contributed by atoms with Crippen molar-refractivity contribution in [1.82, 2.24) is 19.4 Å². The van der Waals surface area contributed by atoms with Crippen molar-refractivity contribution in [3.8, 4) is 0 Å². The van der Waals surface area contributed by atoms with Crippen LogP contribution in [-0.2, 0) is 4.79 Å². The Kier molecular flexibility index (Phi) is 2.92. The maximum Gasteiger partial charge on any atom is 0.274 e. The van der Waals surface area contributed by atoms with Crippen LogP contribution in [0.4, 0.5) is 0 Å². The Morgan fingerprint density at radius 2 is 2.09 bits per heavy atom. The van der Waals surface area contributed by atoms with Crippen LogP contribution in [0.3, 0.4) is 0 Å². The number of nitrogens with zero attached hydrogens (tertiary/aromatic N) is 4. The normalized spacial score (nSPS) is 24.9. The van der Waals surface area contributed by atoms with Gasteiger partial charge >= 0.3 is 0 Å². The minimum Gasteiger partial charge on any atom is -0.344 e. The Labute approximate surface area is 128 Å². The average Bonchev–Trinajstić information content (AvgIpc) is 3.07. The monoisotopic (exact) mass is 298 g/mol. The van der Waals surface area contributed by atoms with E-state index in [0.29, 0.717) is 18.7 Å². The molecule has 2 amide bonds. The molecule has 114 valence electrons. The van der Waals surface area contributed by atoms with Gasteiger partial charge in [0.1, 0.15) is 0 Å². The molecule has 2 aromatic heterocycles. The number of rotatable bonds is 1. The highest BCUT2D eigenvalue weighted by Gasteiger charge is 2.42. The van der Waals surface area contributed by atoms with Crippen LogP contribution < -0.4 is 0 Å². The highest BCUT2D eigenvalue weighted by atomic mass is 16.2. The molecule has 2 atom stereocenters. The van der Waals surface area contributed by atoms with Crippen LogP contribution in [0.1, 0.15) is 29.8 Å². The van der Waals surface area contributed by atoms with Gasteiger partial charge in [0.05, 0.1) is 11.6 Å². The molecule has 0 aromatic carbocycles. The summed E-state index contributed by atoms with van der Waals surface area (Å²) in [5.41, 5.74) is 1.36. The van der Waals surface area contributed by atoms with Crippen molar-refractivity contribution in [2.24, 2.45) is 0 Å². The van der Waals surface area contributed by atoms with Gasteiger partial charge in [0.25, 0.3) is 5.91 Å². The molecule has 4 rings (SSSR count). The van der Waals surface area contributed by atoms with E-state index < -0.39 is 0 Å². The lowest BCUT2D eigenvalue weighted by Crippen LogP contribution is -2.42. The van der Waals surface area contributed by atoms with Crippen LogP contribution in [0, 0.1) is 0 Å². The van der Waals surface area contributed by atoms with Gasteiger partial charge in [0, 0.05) is 32.3 Å². The standard InChI is InChI=1S/C16H18N4O2/c1-18-10-13-6-5-12(9-15(18)21)20(13)16(22)14-8-11-4-2-3-7-19(11)17-14/h2-4,7-8,12-13H,5-6,9-10H2,1H3/t12-,13+/m1/s1. The summed E-state index contributed by atoms with van der Waals surface area (Å²) in [4.78, 5) is 28.6. The molecule has 2 aromatic rings. The summed E-state index contributed by atoms with van der Waals surface area (Å²) in [6.45, 7) is 0.619. The van der Waals surface area contributed by atoms with Crippen LogP contribution in [0.5, 0.6) is 0 Å². The molecule has 6 nitrogen and oxygen atoms in total. The number of hydrogen-bond acceptors (Lipinski definition) is 3. The second kappa shape index (κ2) is 4.83. The van der Waals surface area contributed by atoms with Crippen molar-refractivity contribution < 1.29 is 9.59 Å².